The van der Waals surface area contributed by atoms with Crippen molar-refractivity contribution in [2.24, 2.45) is 5.92 Å². The van der Waals surface area contributed by atoms with Crippen LogP contribution in [-0.2, 0) is 9.53 Å². The Kier molecular flexibility index (Phi) is 4.97. The standard InChI is InChI=1S/C13H24N2O3/c1-15(8-10-6-11(16)7-10)13(17)9-18-12-2-4-14-5-3-12/h10-12,14,16H,2-9H2,1H3. The van der Waals surface area contributed by atoms with E-state index in [0.717, 1.165) is 45.3 Å². The van der Waals surface area contributed by atoms with Crippen LogP contribution in [0.4, 0.5) is 0 Å². The zero-order valence-corrected chi connectivity index (χ0v) is 11.1. The zero-order chi connectivity index (χ0) is 13.0. The van der Waals surface area contributed by atoms with E-state index in [0.29, 0.717) is 5.92 Å². The number of amides is 1. The fourth-order valence-electron chi connectivity index (χ4n) is 2.60. The molecule has 2 fully saturated rings. The molecule has 1 aliphatic carbocycles. The smallest absolute Gasteiger partial charge is 0.248 e. The summed E-state index contributed by atoms with van der Waals surface area (Å²) in [5.74, 6) is 0.516. The van der Waals surface area contributed by atoms with Crippen molar-refractivity contribution in [3.8, 4) is 0 Å². The minimum atomic E-state index is -0.149. The molecule has 18 heavy (non-hydrogen) atoms. The van der Waals surface area contributed by atoms with Gasteiger partial charge >= 0.3 is 0 Å². The second-order valence-corrected chi connectivity index (χ2v) is 5.53. The van der Waals surface area contributed by atoms with Gasteiger partial charge in [0.2, 0.25) is 5.91 Å². The summed E-state index contributed by atoms with van der Waals surface area (Å²) in [6.45, 7) is 2.89. The van der Waals surface area contributed by atoms with Crippen LogP contribution in [0.3, 0.4) is 0 Å². The number of hydrogen-bond donors (Lipinski definition) is 2. The van der Waals surface area contributed by atoms with Crippen LogP contribution in [0.5, 0.6) is 0 Å². The van der Waals surface area contributed by atoms with E-state index >= 15 is 0 Å². The number of aliphatic hydroxyl groups is 1. The predicted octanol–water partition coefficient (Wildman–Crippen LogP) is -0.0157. The van der Waals surface area contributed by atoms with Gasteiger partial charge in [-0.2, -0.15) is 0 Å². The number of carbonyl (C=O) groups excluding carboxylic acids is 1. The van der Waals surface area contributed by atoms with Crippen molar-refractivity contribution in [2.45, 2.75) is 37.9 Å². The minimum Gasteiger partial charge on any atom is -0.393 e. The first kappa shape index (κ1) is 13.8. The summed E-state index contributed by atoms with van der Waals surface area (Å²) in [5, 5.41) is 12.5. The van der Waals surface area contributed by atoms with Crippen molar-refractivity contribution in [1.82, 2.24) is 10.2 Å². The molecule has 104 valence electrons. The Morgan fingerprint density at radius 1 is 1.39 bits per heavy atom. The lowest BCUT2D eigenvalue weighted by atomic mass is 9.82. The molecule has 0 bridgehead atoms. The minimum absolute atomic E-state index is 0.0509. The van der Waals surface area contributed by atoms with Gasteiger partial charge in [-0.1, -0.05) is 0 Å². The quantitative estimate of drug-likeness (QED) is 0.726. The van der Waals surface area contributed by atoms with E-state index in [-0.39, 0.29) is 24.7 Å². The summed E-state index contributed by atoms with van der Waals surface area (Å²) >= 11 is 0. The third-order valence-electron chi connectivity index (χ3n) is 3.90. The number of nitrogens with zero attached hydrogens (tertiary/aromatic N) is 1. The summed E-state index contributed by atoms with van der Waals surface area (Å²) in [4.78, 5) is 13.6. The van der Waals surface area contributed by atoms with Gasteiger partial charge in [0, 0.05) is 13.6 Å². The van der Waals surface area contributed by atoms with Crippen LogP contribution in [0.1, 0.15) is 25.7 Å². The average Bonchev–Trinajstić information content (AvgIpc) is 2.35. The van der Waals surface area contributed by atoms with Gasteiger partial charge in [0.05, 0.1) is 12.2 Å². The second-order valence-electron chi connectivity index (χ2n) is 5.53. The van der Waals surface area contributed by atoms with Gasteiger partial charge < -0.3 is 20.1 Å². The molecule has 0 aromatic heterocycles. The maximum Gasteiger partial charge on any atom is 0.248 e. The van der Waals surface area contributed by atoms with Gasteiger partial charge in [-0.15, -0.1) is 0 Å². The molecule has 1 saturated carbocycles. The van der Waals surface area contributed by atoms with Crippen molar-refractivity contribution in [3.63, 3.8) is 0 Å². The van der Waals surface area contributed by atoms with Gasteiger partial charge in [0.1, 0.15) is 6.61 Å². The lowest BCUT2D eigenvalue weighted by molar-refractivity contribution is -0.139. The number of likely N-dealkylation sites (N-methyl/N-ethyl adjacent to an activating group) is 1. The van der Waals surface area contributed by atoms with Crippen LogP contribution in [-0.4, -0.2) is 61.4 Å². The summed E-state index contributed by atoms with van der Waals surface area (Å²) in [6.07, 6.45) is 3.72. The normalized spacial score (nSPS) is 28.8. The number of carbonyl (C=O) groups is 1. The number of ether oxygens (including phenoxy) is 1. The van der Waals surface area contributed by atoms with Crippen LogP contribution >= 0.6 is 0 Å². The molecule has 2 aliphatic rings. The molecule has 0 aromatic carbocycles. The van der Waals surface area contributed by atoms with Crippen LogP contribution in [0, 0.1) is 5.92 Å². The first-order valence-electron chi connectivity index (χ1n) is 6.89. The highest BCUT2D eigenvalue weighted by atomic mass is 16.5. The maximum atomic E-state index is 11.9. The first-order chi connectivity index (χ1) is 8.65. The van der Waals surface area contributed by atoms with E-state index < -0.39 is 0 Å². The number of rotatable bonds is 5. The maximum absolute atomic E-state index is 11.9. The SMILES string of the molecule is CN(CC1CC(O)C1)C(=O)COC1CCNCC1. The average molecular weight is 256 g/mol. The van der Waals surface area contributed by atoms with Gasteiger partial charge in [-0.05, 0) is 44.7 Å². The molecule has 2 N–H and O–H groups in total. The number of hydrogen-bond acceptors (Lipinski definition) is 4. The Morgan fingerprint density at radius 3 is 2.67 bits per heavy atom. The molecule has 0 aromatic rings. The highest BCUT2D eigenvalue weighted by Crippen LogP contribution is 2.27. The van der Waals surface area contributed by atoms with E-state index in [1.165, 1.54) is 0 Å². The monoisotopic (exact) mass is 256 g/mol. The molecule has 2 rings (SSSR count). The Labute approximate surface area is 108 Å². The molecule has 1 amide bonds. The van der Waals surface area contributed by atoms with E-state index in [1.807, 2.05) is 7.05 Å². The summed E-state index contributed by atoms with van der Waals surface area (Å²) in [6, 6.07) is 0. The number of piperidine rings is 1. The first-order valence-corrected chi connectivity index (χ1v) is 6.89. The molecule has 0 atom stereocenters. The molecule has 5 nitrogen and oxygen atoms in total. The van der Waals surface area contributed by atoms with Crippen molar-refractivity contribution in [2.75, 3.05) is 33.3 Å². The van der Waals surface area contributed by atoms with E-state index in [4.69, 9.17) is 4.74 Å². The van der Waals surface area contributed by atoms with Crippen LogP contribution < -0.4 is 5.32 Å². The Hall–Kier alpha value is -0.650. The van der Waals surface area contributed by atoms with E-state index in [1.54, 1.807) is 4.90 Å². The molecule has 1 heterocycles. The molecule has 1 aliphatic heterocycles. The molecule has 0 spiro atoms. The van der Waals surface area contributed by atoms with Crippen LogP contribution in [0.2, 0.25) is 0 Å². The van der Waals surface area contributed by atoms with Crippen molar-refractivity contribution < 1.29 is 14.6 Å². The third-order valence-corrected chi connectivity index (χ3v) is 3.90. The van der Waals surface area contributed by atoms with Crippen molar-refractivity contribution in [1.29, 1.82) is 0 Å². The fraction of sp³-hybridized carbons (Fsp3) is 0.923. The molecule has 5 heteroatoms. The molecular weight excluding hydrogens is 232 g/mol. The van der Waals surface area contributed by atoms with Gasteiger partial charge in [-0.3, -0.25) is 4.79 Å². The summed E-state index contributed by atoms with van der Waals surface area (Å²) < 4.78 is 5.64. The van der Waals surface area contributed by atoms with Crippen molar-refractivity contribution in [3.05, 3.63) is 0 Å². The predicted molar refractivity (Wildman–Crippen MR) is 68.2 cm³/mol. The Morgan fingerprint density at radius 2 is 2.06 bits per heavy atom. The van der Waals surface area contributed by atoms with Crippen LogP contribution in [0.25, 0.3) is 0 Å². The molecule has 0 radical (unpaired) electrons. The highest BCUT2D eigenvalue weighted by Gasteiger charge is 2.29. The van der Waals surface area contributed by atoms with E-state index in [9.17, 15) is 9.90 Å². The number of aliphatic hydroxyl groups excluding tert-OH is 1. The fourth-order valence-corrected chi connectivity index (χ4v) is 2.60. The van der Waals surface area contributed by atoms with Gasteiger partial charge in [0.15, 0.2) is 0 Å². The lowest BCUT2D eigenvalue weighted by Crippen LogP contribution is -2.41. The largest absolute Gasteiger partial charge is 0.393 e. The highest BCUT2D eigenvalue weighted by molar-refractivity contribution is 5.77. The zero-order valence-electron chi connectivity index (χ0n) is 11.1. The lowest BCUT2D eigenvalue weighted by Gasteiger charge is -2.34. The summed E-state index contributed by atoms with van der Waals surface area (Å²) in [7, 11) is 1.82. The Bertz CT molecular complexity index is 273. The van der Waals surface area contributed by atoms with Crippen molar-refractivity contribution >= 4 is 5.91 Å². The molecule has 0 unspecified atom stereocenters. The number of nitrogens with one attached hydrogen (secondary N) is 1. The van der Waals surface area contributed by atoms with Crippen LogP contribution in [0.15, 0.2) is 0 Å². The molecule has 1 saturated heterocycles. The molecular formula is C13H24N2O3. The Balaban J connectivity index is 1.61. The third kappa shape index (κ3) is 3.93. The summed E-state index contributed by atoms with van der Waals surface area (Å²) in [5.41, 5.74) is 0. The van der Waals surface area contributed by atoms with Gasteiger partial charge in [-0.25, -0.2) is 0 Å². The topological polar surface area (TPSA) is 61.8 Å². The van der Waals surface area contributed by atoms with E-state index in [2.05, 4.69) is 5.32 Å². The van der Waals surface area contributed by atoms with Gasteiger partial charge in [0.25, 0.3) is 0 Å². The second kappa shape index (κ2) is 6.50.